The number of hydrogen-bond donors (Lipinski definition) is 2. The molecule has 0 amide bonds. The van der Waals surface area contributed by atoms with Crippen LogP contribution in [0.2, 0.25) is 0 Å². The highest BCUT2D eigenvalue weighted by molar-refractivity contribution is 5.86. The van der Waals surface area contributed by atoms with Gasteiger partial charge in [-0.05, 0) is 38.5 Å². The third-order valence-electron chi connectivity index (χ3n) is 5.54. The number of piperazine rings is 1. The number of aliphatic hydroxyl groups excluding tert-OH is 2. The van der Waals surface area contributed by atoms with Gasteiger partial charge in [0, 0.05) is 55.9 Å². The molecule has 1 aliphatic heterocycles. The van der Waals surface area contributed by atoms with Crippen LogP contribution in [0.4, 0.5) is 0 Å². The van der Waals surface area contributed by atoms with E-state index in [2.05, 4.69) is 53.3 Å². The molecule has 2 aromatic rings. The number of halogens is 1. The van der Waals surface area contributed by atoms with Gasteiger partial charge in [-0.2, -0.15) is 0 Å². The molecule has 26 heavy (non-hydrogen) atoms. The Balaban J connectivity index is 0.00000243. The third kappa shape index (κ3) is 4.59. The molecule has 1 saturated heterocycles. The van der Waals surface area contributed by atoms with E-state index in [1.165, 1.54) is 27.7 Å². The fourth-order valence-electron chi connectivity index (χ4n) is 3.90. The molecular weight excluding hydrogens is 350 g/mol. The van der Waals surface area contributed by atoms with Crippen LogP contribution in [0.3, 0.4) is 0 Å². The zero-order chi connectivity index (χ0) is 18.0. The van der Waals surface area contributed by atoms with E-state index < -0.39 is 0 Å². The van der Waals surface area contributed by atoms with Gasteiger partial charge in [0.15, 0.2) is 0 Å². The molecule has 0 spiro atoms. The van der Waals surface area contributed by atoms with Crippen molar-refractivity contribution < 1.29 is 10.2 Å². The highest BCUT2D eigenvalue weighted by atomic mass is 35.5. The highest BCUT2D eigenvalue weighted by Crippen LogP contribution is 2.26. The van der Waals surface area contributed by atoms with Crippen molar-refractivity contribution in [3.8, 4) is 0 Å². The molecule has 1 aromatic heterocycles. The van der Waals surface area contributed by atoms with E-state index in [1.807, 2.05) is 0 Å². The Hall–Kier alpha value is -1.11. The van der Waals surface area contributed by atoms with Crippen molar-refractivity contribution in [2.24, 2.45) is 0 Å². The minimum absolute atomic E-state index is 0. The maximum absolute atomic E-state index is 10.7. The lowest BCUT2D eigenvalue weighted by atomic mass is 10.1. The van der Waals surface area contributed by atoms with Crippen molar-refractivity contribution in [2.45, 2.75) is 33.4 Å². The molecule has 6 heteroatoms. The number of hydrogen-bond acceptors (Lipinski definition) is 4. The number of rotatable bonds is 6. The predicted octanol–water partition coefficient (Wildman–Crippen LogP) is 1.96. The maximum Gasteiger partial charge on any atom is 0.0845 e. The van der Waals surface area contributed by atoms with E-state index in [0.29, 0.717) is 13.1 Å². The number of fused-ring (bicyclic) bond motifs is 1. The van der Waals surface area contributed by atoms with Gasteiger partial charge in [-0.15, -0.1) is 12.4 Å². The summed E-state index contributed by atoms with van der Waals surface area (Å²) in [5.74, 6) is 0. The molecule has 0 bridgehead atoms. The first-order chi connectivity index (χ1) is 12.0. The third-order valence-corrected chi connectivity index (χ3v) is 5.54. The van der Waals surface area contributed by atoms with Gasteiger partial charge in [0.05, 0.1) is 19.3 Å². The largest absolute Gasteiger partial charge is 0.395 e. The Morgan fingerprint density at radius 1 is 1.00 bits per heavy atom. The molecule has 3 rings (SSSR count). The molecule has 1 aromatic carbocycles. The number of aryl methyl sites for hydroxylation is 2. The second-order valence-corrected chi connectivity index (χ2v) is 7.36. The van der Waals surface area contributed by atoms with Crippen molar-refractivity contribution in [2.75, 3.05) is 45.9 Å². The lowest BCUT2D eigenvalue weighted by molar-refractivity contribution is 0.0594. The van der Waals surface area contributed by atoms with Crippen molar-refractivity contribution in [3.05, 3.63) is 35.0 Å². The first-order valence-electron chi connectivity index (χ1n) is 9.29. The fraction of sp³-hybridized carbons (Fsp3) is 0.600. The SMILES string of the molecule is Cc1ccc2c(c1)c(C)c(C)n2CC(O)CN1CCN(CCO)CC1.Cl. The molecule has 1 fully saturated rings. The molecule has 2 heterocycles. The smallest absolute Gasteiger partial charge is 0.0845 e. The zero-order valence-corrected chi connectivity index (χ0v) is 16.9. The van der Waals surface area contributed by atoms with Gasteiger partial charge in [-0.25, -0.2) is 0 Å². The summed E-state index contributed by atoms with van der Waals surface area (Å²) in [5.41, 5.74) is 5.04. The number of aliphatic hydroxyl groups is 2. The van der Waals surface area contributed by atoms with Gasteiger partial charge < -0.3 is 14.8 Å². The van der Waals surface area contributed by atoms with E-state index in [1.54, 1.807) is 0 Å². The Kier molecular flexibility index (Phi) is 7.50. The minimum Gasteiger partial charge on any atom is -0.395 e. The number of β-amino-alcohol motifs (C(OH)–C–C–N with tert-alkyl or cyclic N) is 2. The molecule has 0 radical (unpaired) electrons. The molecule has 146 valence electrons. The number of aromatic nitrogens is 1. The van der Waals surface area contributed by atoms with Gasteiger partial charge in [0.25, 0.3) is 0 Å². The molecular formula is C20H32ClN3O2. The Labute approximate surface area is 162 Å². The first kappa shape index (κ1) is 21.2. The Morgan fingerprint density at radius 3 is 2.31 bits per heavy atom. The van der Waals surface area contributed by atoms with Crippen molar-refractivity contribution in [1.82, 2.24) is 14.4 Å². The maximum atomic E-state index is 10.7. The number of benzene rings is 1. The second kappa shape index (κ2) is 9.20. The predicted molar refractivity (Wildman–Crippen MR) is 109 cm³/mol. The van der Waals surface area contributed by atoms with Crippen LogP contribution in [-0.4, -0.2) is 76.6 Å². The summed E-state index contributed by atoms with van der Waals surface area (Å²) >= 11 is 0. The molecule has 1 unspecified atom stereocenters. The molecule has 2 N–H and O–H groups in total. The van der Waals surface area contributed by atoms with Crippen LogP contribution >= 0.6 is 12.4 Å². The standard InChI is InChI=1S/C20H31N3O2.ClH/c1-15-4-5-20-19(12-15)16(2)17(3)23(20)14-18(25)13-22-8-6-21(7-9-22)10-11-24;/h4-5,12,18,24-25H,6-11,13-14H2,1-3H3;1H. The van der Waals surface area contributed by atoms with E-state index in [-0.39, 0.29) is 25.1 Å². The summed E-state index contributed by atoms with van der Waals surface area (Å²) in [5, 5.41) is 21.0. The Morgan fingerprint density at radius 2 is 1.65 bits per heavy atom. The summed E-state index contributed by atoms with van der Waals surface area (Å²) in [6.45, 7) is 12.6. The van der Waals surface area contributed by atoms with Gasteiger partial charge in [0.1, 0.15) is 0 Å². The van der Waals surface area contributed by atoms with E-state index in [4.69, 9.17) is 5.11 Å². The summed E-state index contributed by atoms with van der Waals surface area (Å²) < 4.78 is 2.26. The van der Waals surface area contributed by atoms with Gasteiger partial charge in [0.2, 0.25) is 0 Å². The van der Waals surface area contributed by atoms with E-state index >= 15 is 0 Å². The number of nitrogens with zero attached hydrogens (tertiary/aromatic N) is 3. The molecule has 0 aliphatic carbocycles. The summed E-state index contributed by atoms with van der Waals surface area (Å²) in [7, 11) is 0. The normalized spacial score (nSPS) is 17.4. The highest BCUT2D eigenvalue weighted by Gasteiger charge is 2.20. The van der Waals surface area contributed by atoms with E-state index in [9.17, 15) is 5.11 Å². The average molecular weight is 382 g/mol. The summed E-state index contributed by atoms with van der Waals surface area (Å²) in [6.07, 6.45) is -0.376. The zero-order valence-electron chi connectivity index (χ0n) is 16.1. The van der Waals surface area contributed by atoms with Crippen LogP contribution < -0.4 is 0 Å². The molecule has 5 nitrogen and oxygen atoms in total. The monoisotopic (exact) mass is 381 g/mol. The average Bonchev–Trinajstić information content (AvgIpc) is 2.81. The molecule has 1 aliphatic rings. The van der Waals surface area contributed by atoms with Crippen molar-refractivity contribution >= 4 is 23.3 Å². The lowest BCUT2D eigenvalue weighted by Gasteiger charge is -2.35. The van der Waals surface area contributed by atoms with Crippen LogP contribution in [0.25, 0.3) is 10.9 Å². The van der Waals surface area contributed by atoms with Crippen LogP contribution in [0, 0.1) is 20.8 Å². The van der Waals surface area contributed by atoms with Crippen molar-refractivity contribution in [1.29, 1.82) is 0 Å². The summed E-state index contributed by atoms with van der Waals surface area (Å²) in [4.78, 5) is 4.61. The minimum atomic E-state index is -0.376. The summed E-state index contributed by atoms with van der Waals surface area (Å²) in [6, 6.07) is 6.55. The quantitative estimate of drug-likeness (QED) is 0.803. The second-order valence-electron chi connectivity index (χ2n) is 7.36. The molecule has 1 atom stereocenters. The van der Waals surface area contributed by atoms with E-state index in [0.717, 1.165) is 32.7 Å². The lowest BCUT2D eigenvalue weighted by Crippen LogP contribution is -2.49. The van der Waals surface area contributed by atoms with Crippen LogP contribution in [0.1, 0.15) is 16.8 Å². The van der Waals surface area contributed by atoms with Crippen molar-refractivity contribution in [3.63, 3.8) is 0 Å². The first-order valence-corrected chi connectivity index (χ1v) is 9.29. The Bertz CT molecular complexity index is 723. The van der Waals surface area contributed by atoms with Gasteiger partial charge >= 0.3 is 0 Å². The van der Waals surface area contributed by atoms with Crippen LogP contribution in [-0.2, 0) is 6.54 Å². The van der Waals surface area contributed by atoms with Gasteiger partial charge in [-0.3, -0.25) is 9.80 Å². The molecule has 0 saturated carbocycles. The van der Waals surface area contributed by atoms with Gasteiger partial charge in [-0.1, -0.05) is 11.6 Å². The topological polar surface area (TPSA) is 51.9 Å². The fourth-order valence-corrected chi connectivity index (χ4v) is 3.90. The van der Waals surface area contributed by atoms with Crippen LogP contribution in [0.5, 0.6) is 0 Å². The van der Waals surface area contributed by atoms with Crippen LogP contribution in [0.15, 0.2) is 18.2 Å².